The lowest BCUT2D eigenvalue weighted by molar-refractivity contribution is -0.125. The van der Waals surface area contributed by atoms with E-state index in [1.807, 2.05) is 35.7 Å². The zero-order valence-corrected chi connectivity index (χ0v) is 18.0. The summed E-state index contributed by atoms with van der Waals surface area (Å²) in [6, 6.07) is 14.6. The second-order valence-electron chi connectivity index (χ2n) is 7.63. The van der Waals surface area contributed by atoms with E-state index in [-0.39, 0.29) is 18.3 Å². The van der Waals surface area contributed by atoms with Crippen LogP contribution in [-0.2, 0) is 10.3 Å². The summed E-state index contributed by atoms with van der Waals surface area (Å²) in [4.78, 5) is 12.6. The van der Waals surface area contributed by atoms with Crippen molar-refractivity contribution in [2.24, 2.45) is 0 Å². The number of benzene rings is 2. The van der Waals surface area contributed by atoms with Crippen molar-refractivity contribution >= 4 is 29.4 Å². The van der Waals surface area contributed by atoms with Gasteiger partial charge in [-0.2, -0.15) is 0 Å². The lowest BCUT2D eigenvalue weighted by Crippen LogP contribution is -2.45. The fraction of sp³-hybridized carbons (Fsp3) is 0.435. The molecule has 0 radical (unpaired) electrons. The Bertz CT molecular complexity index is 814. The van der Waals surface area contributed by atoms with Gasteiger partial charge in [-0.15, -0.1) is 23.5 Å². The van der Waals surface area contributed by atoms with Crippen LogP contribution >= 0.6 is 23.5 Å². The van der Waals surface area contributed by atoms with Crippen LogP contribution in [0.5, 0.6) is 5.75 Å². The van der Waals surface area contributed by atoms with Gasteiger partial charge in [0.2, 0.25) is 0 Å². The Balaban J connectivity index is 1.34. The quantitative estimate of drug-likeness (QED) is 0.641. The predicted molar refractivity (Wildman–Crippen MR) is 119 cm³/mol. The van der Waals surface area contributed by atoms with Crippen LogP contribution < -0.4 is 10.1 Å². The molecule has 154 valence electrons. The van der Waals surface area contributed by atoms with Gasteiger partial charge in [-0.05, 0) is 66.2 Å². The molecule has 0 bridgehead atoms. The van der Waals surface area contributed by atoms with Crippen molar-refractivity contribution in [3.05, 3.63) is 65.5 Å². The number of nitrogens with one attached hydrogen (secondary N) is 1. The monoisotopic (exact) mass is 431 g/mol. The van der Waals surface area contributed by atoms with Crippen LogP contribution in [-0.4, -0.2) is 24.0 Å². The summed E-state index contributed by atoms with van der Waals surface area (Å²) in [5.41, 5.74) is 1.86. The summed E-state index contributed by atoms with van der Waals surface area (Å²) in [5.74, 6) is 2.73. The molecule has 0 aromatic heterocycles. The molecular formula is C23H26FNO2S2. The molecule has 0 unspecified atom stereocenters. The van der Waals surface area contributed by atoms with Crippen molar-refractivity contribution in [3.8, 4) is 5.75 Å². The molecule has 0 atom stereocenters. The third-order valence-electron chi connectivity index (χ3n) is 5.58. The largest absolute Gasteiger partial charge is 0.484 e. The minimum absolute atomic E-state index is 0.0186. The Morgan fingerprint density at radius 3 is 2.31 bits per heavy atom. The number of hydrogen-bond acceptors (Lipinski definition) is 4. The van der Waals surface area contributed by atoms with Crippen molar-refractivity contribution in [2.75, 3.05) is 18.1 Å². The van der Waals surface area contributed by atoms with Gasteiger partial charge in [0.1, 0.15) is 11.6 Å². The number of halogens is 1. The van der Waals surface area contributed by atoms with Crippen LogP contribution in [0, 0.1) is 5.82 Å². The van der Waals surface area contributed by atoms with Gasteiger partial charge in [0, 0.05) is 0 Å². The lowest BCUT2D eigenvalue weighted by Gasteiger charge is -2.31. The smallest absolute Gasteiger partial charge is 0.258 e. The maximum absolute atomic E-state index is 13.3. The van der Waals surface area contributed by atoms with Crippen LogP contribution in [0.15, 0.2) is 48.5 Å². The molecule has 1 amide bonds. The van der Waals surface area contributed by atoms with Gasteiger partial charge >= 0.3 is 0 Å². The Morgan fingerprint density at radius 1 is 1.00 bits per heavy atom. The van der Waals surface area contributed by atoms with Gasteiger partial charge in [-0.25, -0.2) is 4.39 Å². The molecule has 29 heavy (non-hydrogen) atoms. The SMILES string of the molecule is O=C(COc1ccc(C2SCCCS2)cc1)NC1(c2ccc(F)cc2)CCCC1. The number of carbonyl (C=O) groups excluding carboxylic acids is 1. The van der Waals surface area contributed by atoms with Crippen molar-refractivity contribution in [1.29, 1.82) is 0 Å². The Hall–Kier alpha value is -1.66. The summed E-state index contributed by atoms with van der Waals surface area (Å²) < 4.78 is 19.5. The van der Waals surface area contributed by atoms with Gasteiger partial charge in [0.25, 0.3) is 5.91 Å². The number of amides is 1. The highest BCUT2D eigenvalue weighted by Crippen LogP contribution is 2.44. The van der Waals surface area contributed by atoms with Crippen LogP contribution in [0.1, 0.15) is 47.8 Å². The van der Waals surface area contributed by atoms with Crippen LogP contribution in [0.2, 0.25) is 0 Å². The Morgan fingerprint density at radius 2 is 1.66 bits per heavy atom. The van der Waals surface area contributed by atoms with Gasteiger partial charge in [-0.3, -0.25) is 4.79 Å². The Kier molecular flexibility index (Phi) is 6.70. The van der Waals surface area contributed by atoms with Gasteiger partial charge in [-0.1, -0.05) is 37.1 Å². The summed E-state index contributed by atoms with van der Waals surface area (Å²) in [7, 11) is 0. The van der Waals surface area contributed by atoms with Crippen molar-refractivity contribution < 1.29 is 13.9 Å². The second kappa shape index (κ2) is 9.43. The molecule has 2 fully saturated rings. The van der Waals surface area contributed by atoms with Crippen LogP contribution in [0.25, 0.3) is 0 Å². The minimum Gasteiger partial charge on any atom is -0.484 e. The summed E-state index contributed by atoms with van der Waals surface area (Å²) in [6.45, 7) is -0.0186. The first kappa shape index (κ1) is 20.6. The molecule has 2 aromatic rings. The average Bonchev–Trinajstić information content (AvgIpc) is 3.23. The zero-order chi connectivity index (χ0) is 20.1. The first-order valence-electron chi connectivity index (χ1n) is 10.2. The fourth-order valence-electron chi connectivity index (χ4n) is 4.09. The van der Waals surface area contributed by atoms with Crippen molar-refractivity contribution in [3.63, 3.8) is 0 Å². The number of ether oxygens (including phenoxy) is 1. The van der Waals surface area contributed by atoms with E-state index in [0.717, 1.165) is 31.2 Å². The predicted octanol–water partition coefficient (Wildman–Crippen LogP) is 5.66. The number of rotatable bonds is 6. The van der Waals surface area contributed by atoms with E-state index >= 15 is 0 Å². The van der Waals surface area contributed by atoms with E-state index in [2.05, 4.69) is 17.4 Å². The topological polar surface area (TPSA) is 38.3 Å². The highest BCUT2D eigenvalue weighted by molar-refractivity contribution is 8.16. The molecular weight excluding hydrogens is 405 g/mol. The number of hydrogen-bond donors (Lipinski definition) is 1. The summed E-state index contributed by atoms with van der Waals surface area (Å²) >= 11 is 3.98. The van der Waals surface area contributed by atoms with Crippen LogP contribution in [0.4, 0.5) is 4.39 Å². The highest BCUT2D eigenvalue weighted by Gasteiger charge is 2.37. The molecule has 6 heteroatoms. The molecule has 2 aliphatic rings. The number of thioether (sulfide) groups is 2. The average molecular weight is 432 g/mol. The van der Waals surface area contributed by atoms with Gasteiger partial charge in [0.05, 0.1) is 10.1 Å². The molecule has 1 N–H and O–H groups in total. The van der Waals surface area contributed by atoms with Gasteiger partial charge < -0.3 is 10.1 Å². The molecule has 1 aliphatic heterocycles. The van der Waals surface area contributed by atoms with E-state index in [0.29, 0.717) is 10.3 Å². The molecule has 1 heterocycles. The van der Waals surface area contributed by atoms with E-state index in [9.17, 15) is 9.18 Å². The van der Waals surface area contributed by atoms with Crippen molar-refractivity contribution in [2.45, 2.75) is 42.2 Å². The highest BCUT2D eigenvalue weighted by atomic mass is 32.2. The molecule has 4 rings (SSSR count). The third-order valence-corrected chi connectivity index (χ3v) is 8.60. The fourth-order valence-corrected chi connectivity index (χ4v) is 6.98. The van der Waals surface area contributed by atoms with E-state index < -0.39 is 5.54 Å². The van der Waals surface area contributed by atoms with Crippen LogP contribution in [0.3, 0.4) is 0 Å². The maximum atomic E-state index is 13.3. The second-order valence-corrected chi connectivity index (χ2v) is 10.4. The number of carbonyl (C=O) groups is 1. The van der Waals surface area contributed by atoms with Gasteiger partial charge in [0.15, 0.2) is 6.61 Å². The minimum atomic E-state index is -0.409. The first-order valence-corrected chi connectivity index (χ1v) is 12.3. The third kappa shape index (κ3) is 5.10. The zero-order valence-electron chi connectivity index (χ0n) is 16.4. The van der Waals surface area contributed by atoms with E-state index in [4.69, 9.17) is 4.74 Å². The molecule has 0 spiro atoms. The van der Waals surface area contributed by atoms with E-state index in [1.165, 1.54) is 35.6 Å². The first-order chi connectivity index (χ1) is 14.1. The molecule has 1 aliphatic carbocycles. The molecule has 3 nitrogen and oxygen atoms in total. The standard InChI is InChI=1S/C23H26FNO2S2/c24-19-8-6-18(7-9-19)23(12-1-2-13-23)25-21(26)16-27-20-10-4-17(5-11-20)22-28-14-3-15-29-22/h4-11,22H,1-3,12-16H2,(H,25,26). The molecule has 2 aromatic carbocycles. The summed E-state index contributed by atoms with van der Waals surface area (Å²) in [5, 5.41) is 3.17. The molecule has 1 saturated carbocycles. The normalized spacial score (nSPS) is 19.1. The van der Waals surface area contributed by atoms with E-state index in [1.54, 1.807) is 12.1 Å². The Labute approximate surface area is 180 Å². The molecule has 1 saturated heterocycles. The maximum Gasteiger partial charge on any atom is 0.258 e. The lowest BCUT2D eigenvalue weighted by atomic mass is 9.88. The van der Waals surface area contributed by atoms with Crippen molar-refractivity contribution in [1.82, 2.24) is 5.32 Å². The summed E-state index contributed by atoms with van der Waals surface area (Å²) in [6.07, 6.45) is 5.13.